The first-order valence-electron chi connectivity index (χ1n) is 4.86. The molecule has 0 unspecified atom stereocenters. The van der Waals surface area contributed by atoms with Crippen molar-refractivity contribution in [3.05, 3.63) is 51.9 Å². The predicted octanol–water partition coefficient (Wildman–Crippen LogP) is 4.58. The molecule has 1 aromatic heterocycles. The first-order valence-corrected chi connectivity index (χ1v) is 6.05. The van der Waals surface area contributed by atoms with E-state index in [0.29, 0.717) is 0 Å². The van der Waals surface area contributed by atoms with Crippen LogP contribution in [0.1, 0.15) is 10.4 Å². The van der Waals surface area contributed by atoms with Gasteiger partial charge in [0.05, 0.1) is 7.11 Å². The topological polar surface area (TPSA) is 9.23 Å². The number of rotatable bonds is 3. The minimum Gasteiger partial charge on any atom is -0.487 e. The molecule has 0 aliphatic rings. The van der Waals surface area contributed by atoms with Crippen molar-refractivity contribution >= 4 is 35.1 Å². The summed E-state index contributed by atoms with van der Waals surface area (Å²) < 4.78 is 5.13. The number of halogens is 1. The summed E-state index contributed by atoms with van der Waals surface area (Å²) in [4.78, 5) is 1.15. The molecule has 1 aromatic carbocycles. The lowest BCUT2D eigenvalue weighted by atomic mass is 10.2. The van der Waals surface area contributed by atoms with Crippen LogP contribution in [-0.4, -0.2) is 7.11 Å². The molecule has 82 valence electrons. The lowest BCUT2D eigenvalue weighted by Gasteiger charge is -1.95. The van der Waals surface area contributed by atoms with Gasteiger partial charge in [-0.3, -0.25) is 0 Å². The number of hydrogen-bond donors (Lipinski definition) is 0. The third kappa shape index (κ3) is 2.65. The van der Waals surface area contributed by atoms with Crippen LogP contribution in [0.3, 0.4) is 0 Å². The summed E-state index contributed by atoms with van der Waals surface area (Å²) in [5.74, 6) is 0. The van der Waals surface area contributed by atoms with E-state index in [1.165, 1.54) is 0 Å². The minimum atomic E-state index is 0.766. The zero-order chi connectivity index (χ0) is 11.4. The lowest BCUT2D eigenvalue weighted by molar-refractivity contribution is 0.427. The van der Waals surface area contributed by atoms with E-state index in [1.807, 2.05) is 48.6 Å². The van der Waals surface area contributed by atoms with Gasteiger partial charge in [0, 0.05) is 9.90 Å². The number of ether oxygens (including phenoxy) is 1. The Morgan fingerprint density at radius 2 is 1.94 bits per heavy atom. The summed E-state index contributed by atoms with van der Waals surface area (Å²) >= 11 is 7.66. The largest absolute Gasteiger partial charge is 0.487 e. The first-order chi connectivity index (χ1) is 7.79. The lowest BCUT2D eigenvalue weighted by Crippen LogP contribution is -1.73. The summed E-state index contributed by atoms with van der Waals surface area (Å²) in [6.45, 7) is 0. The molecule has 0 bridgehead atoms. The van der Waals surface area contributed by atoms with Crippen LogP contribution >= 0.6 is 22.9 Å². The fourth-order valence-corrected chi connectivity index (χ4v) is 2.24. The smallest absolute Gasteiger partial charge is 0.173 e. The van der Waals surface area contributed by atoms with Gasteiger partial charge < -0.3 is 4.74 Å². The van der Waals surface area contributed by atoms with Crippen molar-refractivity contribution in [3.63, 3.8) is 0 Å². The molecule has 0 spiro atoms. The fraction of sp³-hybridized carbons (Fsp3) is 0.0769. The fourth-order valence-electron chi connectivity index (χ4n) is 1.32. The second-order valence-electron chi connectivity index (χ2n) is 3.22. The zero-order valence-corrected chi connectivity index (χ0v) is 10.4. The molecule has 2 rings (SSSR count). The van der Waals surface area contributed by atoms with Gasteiger partial charge in [-0.25, -0.2) is 0 Å². The molecular weight excluding hydrogens is 240 g/mol. The Morgan fingerprint density at radius 1 is 1.12 bits per heavy atom. The Labute approximate surface area is 104 Å². The molecule has 1 heterocycles. The maximum absolute atomic E-state index is 6.05. The molecule has 1 nitrogen and oxygen atoms in total. The van der Waals surface area contributed by atoms with E-state index in [9.17, 15) is 0 Å². The highest BCUT2D eigenvalue weighted by molar-refractivity contribution is 7.14. The van der Waals surface area contributed by atoms with Gasteiger partial charge in [0.2, 0.25) is 0 Å². The van der Waals surface area contributed by atoms with E-state index in [2.05, 4.69) is 0 Å². The van der Waals surface area contributed by atoms with Crippen LogP contribution in [-0.2, 0) is 0 Å². The standard InChI is InChI=1S/C13H11ClOS/c1-15-13-9-8-11(16-13)7-6-10-4-2-3-5-12(10)14/h2-9H,1H3. The van der Waals surface area contributed by atoms with E-state index in [1.54, 1.807) is 18.4 Å². The average molecular weight is 251 g/mol. The molecule has 0 saturated carbocycles. The third-order valence-electron chi connectivity index (χ3n) is 2.14. The molecule has 0 saturated heterocycles. The summed E-state index contributed by atoms with van der Waals surface area (Å²) in [7, 11) is 1.67. The van der Waals surface area contributed by atoms with Crippen molar-refractivity contribution in [2.45, 2.75) is 0 Å². The van der Waals surface area contributed by atoms with Gasteiger partial charge in [-0.1, -0.05) is 47.2 Å². The molecule has 0 aliphatic carbocycles. The predicted molar refractivity (Wildman–Crippen MR) is 71.3 cm³/mol. The Kier molecular flexibility index (Phi) is 3.65. The SMILES string of the molecule is COc1ccc(C=Cc2ccccc2Cl)s1. The molecule has 0 radical (unpaired) electrons. The van der Waals surface area contributed by atoms with Gasteiger partial charge in [0.1, 0.15) is 0 Å². The highest BCUT2D eigenvalue weighted by Crippen LogP contribution is 2.26. The van der Waals surface area contributed by atoms with Crippen molar-refractivity contribution in [1.29, 1.82) is 0 Å². The van der Waals surface area contributed by atoms with Crippen LogP contribution in [0.2, 0.25) is 5.02 Å². The van der Waals surface area contributed by atoms with Gasteiger partial charge in [0.25, 0.3) is 0 Å². The molecule has 0 atom stereocenters. The molecule has 16 heavy (non-hydrogen) atoms. The first kappa shape index (κ1) is 11.2. The van der Waals surface area contributed by atoms with E-state index in [-0.39, 0.29) is 0 Å². The van der Waals surface area contributed by atoms with Crippen LogP contribution < -0.4 is 4.74 Å². The van der Waals surface area contributed by atoms with Crippen LogP contribution in [0.15, 0.2) is 36.4 Å². The van der Waals surface area contributed by atoms with E-state index in [4.69, 9.17) is 16.3 Å². The third-order valence-corrected chi connectivity index (χ3v) is 3.49. The monoisotopic (exact) mass is 250 g/mol. The van der Waals surface area contributed by atoms with Crippen LogP contribution in [0.4, 0.5) is 0 Å². The highest BCUT2D eigenvalue weighted by Gasteiger charge is 1.97. The van der Waals surface area contributed by atoms with E-state index < -0.39 is 0 Å². The van der Waals surface area contributed by atoms with Crippen LogP contribution in [0.5, 0.6) is 5.06 Å². The summed E-state index contributed by atoms with van der Waals surface area (Å²) in [6, 6.07) is 11.8. The normalized spacial score (nSPS) is 10.9. The molecule has 3 heteroatoms. The van der Waals surface area contributed by atoms with Gasteiger partial charge in [0.15, 0.2) is 5.06 Å². The maximum atomic E-state index is 6.05. The Bertz CT molecular complexity index is 502. The molecule has 0 aliphatic heterocycles. The number of hydrogen-bond acceptors (Lipinski definition) is 2. The zero-order valence-electron chi connectivity index (χ0n) is 8.81. The van der Waals surface area contributed by atoms with Crippen molar-refractivity contribution < 1.29 is 4.74 Å². The van der Waals surface area contributed by atoms with Crippen LogP contribution in [0.25, 0.3) is 12.2 Å². The van der Waals surface area contributed by atoms with Gasteiger partial charge in [-0.05, 0) is 29.8 Å². The Hall–Kier alpha value is -1.25. The quantitative estimate of drug-likeness (QED) is 0.775. The van der Waals surface area contributed by atoms with E-state index in [0.717, 1.165) is 20.5 Å². The van der Waals surface area contributed by atoms with Crippen molar-refractivity contribution in [2.75, 3.05) is 7.11 Å². The van der Waals surface area contributed by atoms with Gasteiger partial charge >= 0.3 is 0 Å². The Morgan fingerprint density at radius 3 is 2.62 bits per heavy atom. The minimum absolute atomic E-state index is 0.766. The molecule has 0 amide bonds. The molecule has 0 N–H and O–H groups in total. The second-order valence-corrected chi connectivity index (χ2v) is 4.70. The molecule has 0 fully saturated rings. The van der Waals surface area contributed by atoms with Gasteiger partial charge in [-0.2, -0.15) is 0 Å². The molecule has 2 aromatic rings. The number of benzene rings is 1. The highest BCUT2D eigenvalue weighted by atomic mass is 35.5. The average Bonchev–Trinajstić information content (AvgIpc) is 2.76. The summed E-state index contributed by atoms with van der Waals surface area (Å²) in [5.41, 5.74) is 1.02. The van der Waals surface area contributed by atoms with Crippen molar-refractivity contribution in [3.8, 4) is 5.06 Å². The molecular formula is C13H11ClOS. The van der Waals surface area contributed by atoms with Crippen molar-refractivity contribution in [2.24, 2.45) is 0 Å². The second kappa shape index (κ2) is 5.19. The number of thiophene rings is 1. The van der Waals surface area contributed by atoms with Crippen LogP contribution in [0, 0.1) is 0 Å². The van der Waals surface area contributed by atoms with Crippen molar-refractivity contribution in [1.82, 2.24) is 0 Å². The summed E-state index contributed by atoms with van der Waals surface area (Å²) in [5, 5.41) is 1.68. The summed E-state index contributed by atoms with van der Waals surface area (Å²) in [6.07, 6.45) is 4.04. The maximum Gasteiger partial charge on any atom is 0.173 e. The Balaban J connectivity index is 2.18. The van der Waals surface area contributed by atoms with E-state index >= 15 is 0 Å². The number of methoxy groups -OCH3 is 1. The van der Waals surface area contributed by atoms with Gasteiger partial charge in [-0.15, -0.1) is 0 Å².